The van der Waals surface area contributed by atoms with Gasteiger partial charge in [0.1, 0.15) is 0 Å². The fraction of sp³-hybridized carbons (Fsp3) is 0.0667. The number of hydrogen-bond acceptors (Lipinski definition) is 4. The molecule has 0 saturated heterocycles. The topological polar surface area (TPSA) is 64.8 Å². The van der Waals surface area contributed by atoms with Gasteiger partial charge in [0, 0.05) is 31.3 Å². The molecule has 22 heavy (non-hydrogen) atoms. The van der Waals surface area contributed by atoms with E-state index in [1.54, 1.807) is 36.8 Å². The molecule has 2 aromatic heterocycles. The Morgan fingerprint density at radius 1 is 1.05 bits per heavy atom. The molecule has 0 unspecified atom stereocenters. The number of aromatic nitrogens is 3. The van der Waals surface area contributed by atoms with Crippen molar-refractivity contribution in [1.29, 1.82) is 0 Å². The Labute approximate surface area is 133 Å². The molecule has 0 saturated carbocycles. The third-order valence-electron chi connectivity index (χ3n) is 3.15. The number of rotatable bonds is 4. The van der Waals surface area contributed by atoms with Crippen LogP contribution in [0.4, 0.5) is 0 Å². The molecule has 0 N–H and O–H groups in total. The van der Waals surface area contributed by atoms with Crippen molar-refractivity contribution in [3.05, 3.63) is 72.0 Å². The first-order chi connectivity index (χ1) is 10.6. The van der Waals surface area contributed by atoms with Gasteiger partial charge in [-0.25, -0.2) is 13.4 Å². The van der Waals surface area contributed by atoms with Crippen LogP contribution in [0.5, 0.6) is 0 Å². The Kier molecular flexibility index (Phi) is 3.96. The molecule has 1 aromatic carbocycles. The minimum Gasteiger partial charge on any atom is -0.333 e. The molecule has 2 heterocycles. The molecule has 0 bridgehead atoms. The second-order valence-electron chi connectivity index (χ2n) is 4.72. The molecule has 0 aliphatic carbocycles. The number of nitrogens with zero attached hydrogens (tertiary/aromatic N) is 3. The quantitative estimate of drug-likeness (QED) is 0.736. The monoisotopic (exact) mass is 333 g/mol. The highest BCUT2D eigenvalue weighted by molar-refractivity contribution is 7.91. The molecule has 0 radical (unpaired) electrons. The maximum absolute atomic E-state index is 12.5. The summed E-state index contributed by atoms with van der Waals surface area (Å²) in [6.07, 6.45) is 7.95. The van der Waals surface area contributed by atoms with E-state index in [4.69, 9.17) is 11.6 Å². The summed E-state index contributed by atoms with van der Waals surface area (Å²) in [6, 6.07) is 8.13. The smallest absolute Gasteiger partial charge is 0.208 e. The molecule has 0 fully saturated rings. The SMILES string of the molecule is O=S(=O)(c1ccc(Cn2ccnc2)cc1)c1cncc(Cl)c1. The number of imidazole rings is 1. The molecule has 112 valence electrons. The second-order valence-corrected chi connectivity index (χ2v) is 7.11. The van der Waals surface area contributed by atoms with Crippen molar-refractivity contribution in [2.75, 3.05) is 0 Å². The first-order valence-electron chi connectivity index (χ1n) is 6.46. The predicted octanol–water partition coefficient (Wildman–Crippen LogP) is 2.81. The van der Waals surface area contributed by atoms with Crippen LogP contribution >= 0.6 is 11.6 Å². The summed E-state index contributed by atoms with van der Waals surface area (Å²) >= 11 is 5.81. The number of pyridine rings is 1. The van der Waals surface area contributed by atoms with E-state index in [9.17, 15) is 8.42 Å². The molecule has 5 nitrogen and oxygen atoms in total. The Bertz CT molecular complexity index is 875. The molecule has 0 aliphatic heterocycles. The van der Waals surface area contributed by atoms with Gasteiger partial charge in [-0.2, -0.15) is 0 Å². The van der Waals surface area contributed by atoms with Crippen molar-refractivity contribution in [2.24, 2.45) is 0 Å². The molecule has 3 aromatic rings. The van der Waals surface area contributed by atoms with E-state index in [-0.39, 0.29) is 14.8 Å². The molecule has 0 amide bonds. The number of sulfone groups is 1. The first-order valence-corrected chi connectivity index (χ1v) is 8.32. The summed E-state index contributed by atoms with van der Waals surface area (Å²) in [4.78, 5) is 8.09. The van der Waals surface area contributed by atoms with Gasteiger partial charge in [-0.15, -0.1) is 0 Å². The zero-order valence-corrected chi connectivity index (χ0v) is 13.0. The number of halogens is 1. The Morgan fingerprint density at radius 2 is 1.82 bits per heavy atom. The molecule has 0 aliphatic rings. The van der Waals surface area contributed by atoms with Crippen LogP contribution in [-0.4, -0.2) is 23.0 Å². The van der Waals surface area contributed by atoms with Gasteiger partial charge >= 0.3 is 0 Å². The highest BCUT2D eigenvalue weighted by Gasteiger charge is 2.18. The standard InChI is InChI=1S/C15H12ClN3O2S/c16-13-7-15(9-18-8-13)22(20,21)14-3-1-12(2-4-14)10-19-6-5-17-11-19/h1-9,11H,10H2. The van der Waals surface area contributed by atoms with E-state index in [1.807, 2.05) is 10.8 Å². The highest BCUT2D eigenvalue weighted by atomic mass is 35.5. The average Bonchev–Trinajstić information content (AvgIpc) is 3.01. The fourth-order valence-electron chi connectivity index (χ4n) is 2.04. The van der Waals surface area contributed by atoms with Crippen LogP contribution in [0.2, 0.25) is 5.02 Å². The first kappa shape index (κ1) is 14.7. The summed E-state index contributed by atoms with van der Waals surface area (Å²) in [5.74, 6) is 0. The predicted molar refractivity (Wildman–Crippen MR) is 82.5 cm³/mol. The summed E-state index contributed by atoms with van der Waals surface area (Å²) in [5, 5.41) is 0.290. The van der Waals surface area contributed by atoms with Gasteiger partial charge in [-0.1, -0.05) is 23.7 Å². The molecular weight excluding hydrogens is 322 g/mol. The summed E-state index contributed by atoms with van der Waals surface area (Å²) in [5.41, 5.74) is 0.987. The highest BCUT2D eigenvalue weighted by Crippen LogP contribution is 2.22. The van der Waals surface area contributed by atoms with Crippen LogP contribution in [0, 0.1) is 0 Å². The third kappa shape index (κ3) is 3.03. The van der Waals surface area contributed by atoms with E-state index in [2.05, 4.69) is 9.97 Å². The van der Waals surface area contributed by atoms with Crippen molar-refractivity contribution < 1.29 is 8.42 Å². The van der Waals surface area contributed by atoms with Gasteiger partial charge in [0.15, 0.2) is 0 Å². The molecular formula is C15H12ClN3O2S. The van der Waals surface area contributed by atoms with E-state index in [0.717, 1.165) is 5.56 Å². The summed E-state index contributed by atoms with van der Waals surface area (Å²) < 4.78 is 26.9. The van der Waals surface area contributed by atoms with Crippen molar-refractivity contribution in [1.82, 2.24) is 14.5 Å². The van der Waals surface area contributed by atoms with Crippen molar-refractivity contribution in [3.63, 3.8) is 0 Å². The van der Waals surface area contributed by atoms with Crippen LogP contribution in [0.15, 0.2) is 71.2 Å². The number of hydrogen-bond donors (Lipinski definition) is 0. The van der Waals surface area contributed by atoms with Crippen LogP contribution in [-0.2, 0) is 16.4 Å². The van der Waals surface area contributed by atoms with E-state index in [1.165, 1.54) is 18.5 Å². The Hall–Kier alpha value is -2.18. The lowest BCUT2D eigenvalue weighted by Gasteiger charge is -2.07. The lowest BCUT2D eigenvalue weighted by atomic mass is 10.2. The summed E-state index contributed by atoms with van der Waals surface area (Å²) in [7, 11) is -3.61. The fourth-order valence-corrected chi connectivity index (χ4v) is 3.53. The van der Waals surface area contributed by atoms with E-state index >= 15 is 0 Å². The maximum Gasteiger partial charge on any atom is 0.208 e. The van der Waals surface area contributed by atoms with Crippen LogP contribution in [0.3, 0.4) is 0 Å². The molecule has 0 spiro atoms. The molecule has 7 heteroatoms. The van der Waals surface area contributed by atoms with Crippen LogP contribution in [0.1, 0.15) is 5.56 Å². The average molecular weight is 334 g/mol. The zero-order valence-electron chi connectivity index (χ0n) is 11.4. The van der Waals surface area contributed by atoms with E-state index in [0.29, 0.717) is 6.54 Å². The second kappa shape index (κ2) is 5.90. The van der Waals surface area contributed by atoms with Gasteiger partial charge in [-0.3, -0.25) is 4.98 Å². The van der Waals surface area contributed by atoms with Crippen LogP contribution < -0.4 is 0 Å². The molecule has 3 rings (SSSR count). The largest absolute Gasteiger partial charge is 0.333 e. The van der Waals surface area contributed by atoms with Gasteiger partial charge in [0.2, 0.25) is 9.84 Å². The maximum atomic E-state index is 12.5. The van der Waals surface area contributed by atoms with Gasteiger partial charge in [0.05, 0.1) is 21.1 Å². The lowest BCUT2D eigenvalue weighted by molar-refractivity contribution is 0.595. The minimum absolute atomic E-state index is 0.0855. The van der Waals surface area contributed by atoms with E-state index < -0.39 is 9.84 Å². The van der Waals surface area contributed by atoms with Gasteiger partial charge < -0.3 is 4.57 Å². The Morgan fingerprint density at radius 3 is 2.45 bits per heavy atom. The van der Waals surface area contributed by atoms with Crippen molar-refractivity contribution in [2.45, 2.75) is 16.3 Å². The summed E-state index contributed by atoms with van der Waals surface area (Å²) in [6.45, 7) is 0.638. The van der Waals surface area contributed by atoms with Crippen molar-refractivity contribution in [3.8, 4) is 0 Å². The van der Waals surface area contributed by atoms with Crippen molar-refractivity contribution >= 4 is 21.4 Å². The van der Waals surface area contributed by atoms with Gasteiger partial charge in [-0.05, 0) is 23.8 Å². The Balaban J connectivity index is 1.89. The minimum atomic E-state index is -3.61. The normalized spacial score (nSPS) is 11.5. The number of benzene rings is 1. The zero-order chi connectivity index (χ0) is 15.6. The van der Waals surface area contributed by atoms with Gasteiger partial charge in [0.25, 0.3) is 0 Å². The van der Waals surface area contributed by atoms with Crippen LogP contribution in [0.25, 0.3) is 0 Å². The molecule has 0 atom stereocenters. The third-order valence-corrected chi connectivity index (χ3v) is 5.09. The lowest BCUT2D eigenvalue weighted by Crippen LogP contribution is -2.03.